The standard InChI is InChI=1S/C10H20N6O/c1-6(10(2,3)4)12-7-13-8(16-11)15-9(14-7)17-5/h6H,11H2,1-5H3,(H2,12,13,14,15,16). The van der Waals surface area contributed by atoms with Gasteiger partial charge in [-0.2, -0.15) is 15.0 Å². The van der Waals surface area contributed by atoms with Crippen LogP contribution in [0.1, 0.15) is 27.7 Å². The van der Waals surface area contributed by atoms with Crippen molar-refractivity contribution < 1.29 is 4.74 Å². The molecule has 7 heteroatoms. The van der Waals surface area contributed by atoms with Gasteiger partial charge < -0.3 is 10.1 Å². The second-order valence-electron chi connectivity index (χ2n) is 4.85. The highest BCUT2D eigenvalue weighted by atomic mass is 16.5. The Kier molecular flexibility index (Phi) is 4.06. The van der Waals surface area contributed by atoms with Crippen LogP contribution < -0.4 is 21.3 Å². The van der Waals surface area contributed by atoms with Gasteiger partial charge in [-0.05, 0) is 12.3 Å². The highest BCUT2D eigenvalue weighted by Gasteiger charge is 2.21. The van der Waals surface area contributed by atoms with Gasteiger partial charge in [-0.3, -0.25) is 5.43 Å². The highest BCUT2D eigenvalue weighted by Crippen LogP contribution is 2.22. The molecule has 0 aliphatic heterocycles. The predicted octanol–water partition coefficient (Wildman–Crippen LogP) is 1.01. The lowest BCUT2D eigenvalue weighted by Crippen LogP contribution is -2.31. The summed E-state index contributed by atoms with van der Waals surface area (Å²) in [6.45, 7) is 8.45. The summed E-state index contributed by atoms with van der Waals surface area (Å²) in [6.07, 6.45) is 0. The van der Waals surface area contributed by atoms with Crippen molar-refractivity contribution in [2.24, 2.45) is 11.3 Å². The van der Waals surface area contributed by atoms with E-state index in [1.54, 1.807) is 0 Å². The number of nitrogens with zero attached hydrogens (tertiary/aromatic N) is 3. The third-order valence-corrected chi connectivity index (χ3v) is 2.57. The highest BCUT2D eigenvalue weighted by molar-refractivity contribution is 5.35. The number of nitrogen functional groups attached to an aromatic ring is 1. The molecule has 0 saturated heterocycles. The van der Waals surface area contributed by atoms with Gasteiger partial charge >= 0.3 is 6.01 Å². The first kappa shape index (κ1) is 13.4. The molecule has 0 aliphatic rings. The minimum atomic E-state index is 0.0934. The Bertz CT molecular complexity index is 353. The summed E-state index contributed by atoms with van der Waals surface area (Å²) < 4.78 is 4.97. The smallest absolute Gasteiger partial charge is 0.322 e. The number of nitrogens with two attached hydrogens (primary N) is 1. The largest absolute Gasteiger partial charge is 0.467 e. The molecule has 1 atom stereocenters. The molecule has 1 aromatic rings. The maximum atomic E-state index is 5.27. The van der Waals surface area contributed by atoms with E-state index in [0.29, 0.717) is 5.95 Å². The Morgan fingerprint density at radius 3 is 2.24 bits per heavy atom. The minimum absolute atomic E-state index is 0.0934. The number of ether oxygens (including phenoxy) is 1. The van der Waals surface area contributed by atoms with E-state index in [4.69, 9.17) is 10.6 Å². The van der Waals surface area contributed by atoms with Crippen LogP contribution in [0.15, 0.2) is 0 Å². The number of hydrazine groups is 1. The molecular weight excluding hydrogens is 220 g/mol. The molecule has 0 aromatic carbocycles. The second kappa shape index (κ2) is 5.13. The SMILES string of the molecule is COc1nc(NN)nc(NC(C)C(C)(C)C)n1. The van der Waals surface area contributed by atoms with E-state index in [9.17, 15) is 0 Å². The number of methoxy groups -OCH3 is 1. The Labute approximate surface area is 101 Å². The summed E-state index contributed by atoms with van der Waals surface area (Å²) in [6, 6.07) is 0.414. The van der Waals surface area contributed by atoms with Crippen LogP contribution in [0.25, 0.3) is 0 Å². The number of rotatable bonds is 4. The van der Waals surface area contributed by atoms with Gasteiger partial charge in [0.25, 0.3) is 0 Å². The normalized spacial score (nSPS) is 13.1. The summed E-state index contributed by atoms with van der Waals surface area (Å²) in [4.78, 5) is 12.1. The van der Waals surface area contributed by atoms with Crippen LogP contribution in [-0.2, 0) is 0 Å². The summed E-state index contributed by atoms with van der Waals surface area (Å²) >= 11 is 0. The fraction of sp³-hybridized carbons (Fsp3) is 0.700. The Morgan fingerprint density at radius 2 is 1.76 bits per heavy atom. The van der Waals surface area contributed by atoms with Crippen molar-refractivity contribution in [3.05, 3.63) is 0 Å². The van der Waals surface area contributed by atoms with Gasteiger partial charge in [0.05, 0.1) is 7.11 Å². The van der Waals surface area contributed by atoms with Crippen molar-refractivity contribution in [3.63, 3.8) is 0 Å². The molecule has 0 bridgehead atoms. The molecule has 17 heavy (non-hydrogen) atoms. The average Bonchev–Trinajstić information content (AvgIpc) is 2.27. The van der Waals surface area contributed by atoms with Gasteiger partial charge in [0.1, 0.15) is 0 Å². The van der Waals surface area contributed by atoms with E-state index < -0.39 is 0 Å². The third kappa shape index (κ3) is 3.70. The Hall–Kier alpha value is -1.63. The number of hydrogen-bond donors (Lipinski definition) is 3. The first-order chi connectivity index (χ1) is 7.86. The van der Waals surface area contributed by atoms with E-state index >= 15 is 0 Å². The zero-order chi connectivity index (χ0) is 13.1. The van der Waals surface area contributed by atoms with Crippen molar-refractivity contribution in [2.75, 3.05) is 17.9 Å². The molecule has 0 amide bonds. The fourth-order valence-corrected chi connectivity index (χ4v) is 0.987. The van der Waals surface area contributed by atoms with Crippen LogP contribution in [0.4, 0.5) is 11.9 Å². The molecule has 0 aliphatic carbocycles. The van der Waals surface area contributed by atoms with Crippen molar-refractivity contribution >= 4 is 11.9 Å². The molecule has 1 aromatic heterocycles. The molecule has 4 N–H and O–H groups in total. The van der Waals surface area contributed by atoms with Crippen LogP contribution in [0.2, 0.25) is 0 Å². The molecule has 1 unspecified atom stereocenters. The van der Waals surface area contributed by atoms with Gasteiger partial charge in [0.15, 0.2) is 0 Å². The molecule has 0 radical (unpaired) electrons. The summed E-state index contributed by atoms with van der Waals surface area (Å²) in [5, 5.41) is 3.19. The van der Waals surface area contributed by atoms with Crippen molar-refractivity contribution in [2.45, 2.75) is 33.7 Å². The van der Waals surface area contributed by atoms with Crippen LogP contribution in [0, 0.1) is 5.41 Å². The number of anilines is 2. The van der Waals surface area contributed by atoms with Crippen LogP contribution in [0.5, 0.6) is 6.01 Å². The van der Waals surface area contributed by atoms with E-state index in [2.05, 4.69) is 53.4 Å². The predicted molar refractivity (Wildman–Crippen MR) is 66.7 cm³/mol. The van der Waals surface area contributed by atoms with Crippen molar-refractivity contribution in [3.8, 4) is 6.01 Å². The number of nitrogens with one attached hydrogen (secondary N) is 2. The zero-order valence-corrected chi connectivity index (χ0v) is 10.9. The van der Waals surface area contributed by atoms with Gasteiger partial charge in [0.2, 0.25) is 11.9 Å². The van der Waals surface area contributed by atoms with E-state index in [-0.39, 0.29) is 23.4 Å². The van der Waals surface area contributed by atoms with Gasteiger partial charge in [-0.25, -0.2) is 5.84 Å². The molecule has 1 heterocycles. The lowest BCUT2D eigenvalue weighted by molar-refractivity contribution is 0.355. The Balaban J connectivity index is 2.90. The van der Waals surface area contributed by atoms with Gasteiger partial charge in [-0.1, -0.05) is 20.8 Å². The first-order valence-corrected chi connectivity index (χ1v) is 5.40. The van der Waals surface area contributed by atoms with Gasteiger partial charge in [0, 0.05) is 6.04 Å². The topological polar surface area (TPSA) is 98.0 Å². The molecule has 0 fully saturated rings. The fourth-order valence-electron chi connectivity index (χ4n) is 0.987. The van der Waals surface area contributed by atoms with Crippen LogP contribution in [-0.4, -0.2) is 28.1 Å². The Morgan fingerprint density at radius 1 is 1.18 bits per heavy atom. The first-order valence-electron chi connectivity index (χ1n) is 5.40. The van der Waals surface area contributed by atoms with Crippen LogP contribution in [0.3, 0.4) is 0 Å². The third-order valence-electron chi connectivity index (χ3n) is 2.57. The molecular formula is C10H20N6O. The summed E-state index contributed by atoms with van der Waals surface area (Å²) in [5.41, 5.74) is 2.47. The van der Waals surface area contributed by atoms with E-state index in [1.165, 1.54) is 7.11 Å². The molecule has 0 spiro atoms. The summed E-state index contributed by atoms with van der Waals surface area (Å²) in [7, 11) is 1.49. The minimum Gasteiger partial charge on any atom is -0.467 e. The number of hydrogen-bond acceptors (Lipinski definition) is 7. The van der Waals surface area contributed by atoms with Crippen molar-refractivity contribution in [1.29, 1.82) is 0 Å². The zero-order valence-electron chi connectivity index (χ0n) is 10.9. The van der Waals surface area contributed by atoms with Crippen molar-refractivity contribution in [1.82, 2.24) is 15.0 Å². The lowest BCUT2D eigenvalue weighted by Gasteiger charge is -2.28. The summed E-state index contributed by atoms with van der Waals surface area (Å²) in [5.74, 6) is 5.97. The average molecular weight is 240 g/mol. The van der Waals surface area contributed by atoms with Gasteiger partial charge in [-0.15, -0.1) is 0 Å². The second-order valence-corrected chi connectivity index (χ2v) is 4.85. The van der Waals surface area contributed by atoms with E-state index in [1.807, 2.05) is 0 Å². The maximum Gasteiger partial charge on any atom is 0.322 e. The number of aromatic nitrogens is 3. The maximum absolute atomic E-state index is 5.27. The quantitative estimate of drug-likeness (QED) is 0.533. The van der Waals surface area contributed by atoms with Crippen LogP contribution >= 0.6 is 0 Å². The molecule has 7 nitrogen and oxygen atoms in total. The monoisotopic (exact) mass is 240 g/mol. The van der Waals surface area contributed by atoms with E-state index in [0.717, 1.165) is 0 Å². The molecule has 0 saturated carbocycles. The molecule has 1 rings (SSSR count). The molecule has 96 valence electrons. The lowest BCUT2D eigenvalue weighted by atomic mass is 9.88.